The number of carbonyl (C=O) groups excluding carboxylic acids is 1. The van der Waals surface area contributed by atoms with Gasteiger partial charge in [0.2, 0.25) is 0 Å². The average molecular weight is 438 g/mol. The lowest BCUT2D eigenvalue weighted by Gasteiger charge is -2.42. The molecule has 1 aliphatic heterocycles. The fourth-order valence-electron chi connectivity index (χ4n) is 2.69. The van der Waals surface area contributed by atoms with Gasteiger partial charge in [0.05, 0.1) is 18.5 Å². The zero-order valence-electron chi connectivity index (χ0n) is 16.3. The van der Waals surface area contributed by atoms with Crippen LogP contribution >= 0.6 is 0 Å². The number of carbonyl (C=O) groups is 1. The summed E-state index contributed by atoms with van der Waals surface area (Å²) in [6, 6.07) is -1.64. The number of alkyl halides is 3. The van der Waals surface area contributed by atoms with Gasteiger partial charge in [0.1, 0.15) is 32.4 Å². The summed E-state index contributed by atoms with van der Waals surface area (Å²) in [5.41, 5.74) is 0. The summed E-state index contributed by atoms with van der Waals surface area (Å²) in [7, 11) is -1.72. The van der Waals surface area contributed by atoms with E-state index in [1.165, 1.54) is 10.8 Å². The molecule has 13 heteroatoms. The van der Waals surface area contributed by atoms with Gasteiger partial charge in [-0.15, -0.1) is 11.7 Å². The molecule has 1 saturated heterocycles. The van der Waals surface area contributed by atoms with E-state index in [1.54, 1.807) is 11.5 Å². The van der Waals surface area contributed by atoms with E-state index in [1.807, 2.05) is 0 Å². The molecule has 9 nitrogen and oxygen atoms in total. The van der Waals surface area contributed by atoms with Gasteiger partial charge in [-0.1, -0.05) is 30.9 Å². The maximum absolute atomic E-state index is 12.6. The van der Waals surface area contributed by atoms with Crippen molar-refractivity contribution in [3.8, 4) is 0 Å². The van der Waals surface area contributed by atoms with Gasteiger partial charge >= 0.3 is 12.1 Å². The van der Waals surface area contributed by atoms with Gasteiger partial charge < -0.3 is 25.0 Å². The summed E-state index contributed by atoms with van der Waals surface area (Å²) in [6.07, 6.45) is -8.01. The predicted molar refractivity (Wildman–Crippen MR) is 97.8 cm³/mol. The van der Waals surface area contributed by atoms with Crippen molar-refractivity contribution in [1.29, 1.82) is 0 Å². The first-order valence-electron chi connectivity index (χ1n) is 8.87. The second-order valence-corrected chi connectivity index (χ2v) is 12.7. The Balaban J connectivity index is 2.17. The molecule has 3 N–H and O–H groups in total. The lowest BCUT2D eigenvalue weighted by atomic mass is 9.96. The molecule has 0 unspecified atom stereocenters. The first-order valence-corrected chi connectivity index (χ1v) is 12.4. The molecule has 5 atom stereocenters. The molecule has 0 spiro atoms. The first-order chi connectivity index (χ1) is 13.3. The van der Waals surface area contributed by atoms with Gasteiger partial charge in [-0.05, 0) is 0 Å². The lowest BCUT2D eigenvalue weighted by Crippen LogP contribution is -2.65. The summed E-state index contributed by atoms with van der Waals surface area (Å²) in [5.74, 6) is -2.28. The van der Waals surface area contributed by atoms with Crippen molar-refractivity contribution >= 4 is 19.3 Å². The molecule has 29 heavy (non-hydrogen) atoms. The molecule has 0 aliphatic carbocycles. The van der Waals surface area contributed by atoms with E-state index in [0.717, 1.165) is 5.32 Å². The highest BCUT2D eigenvalue weighted by molar-refractivity contribution is 6.88. The smallest absolute Gasteiger partial charge is 0.388 e. The number of nitrogens with one attached hydrogen (secondary N) is 1. The standard InChI is InChI=1S/C16H25F3N4O5Si/c1-5-6-27-14-11(20-15(26)16(17,18)19)13(25)12(24)9(28-14)7-23-8-10(21-22-23)29(2,3)4/h5,8-9,11-14,24-25H,1,6-7H2,2-4H3,(H,20,26)/t9-,11-,12+,13-,14+/m1/s1. The molecule has 0 radical (unpaired) electrons. The van der Waals surface area contributed by atoms with Crippen LogP contribution in [0.4, 0.5) is 13.2 Å². The van der Waals surface area contributed by atoms with Gasteiger partial charge in [0, 0.05) is 6.20 Å². The molecule has 0 bridgehead atoms. The fourth-order valence-corrected chi connectivity index (χ4v) is 3.57. The van der Waals surface area contributed by atoms with E-state index in [0.29, 0.717) is 0 Å². The Morgan fingerprint density at radius 2 is 2.07 bits per heavy atom. The number of aromatic nitrogens is 3. The lowest BCUT2D eigenvalue weighted by molar-refractivity contribution is -0.266. The highest BCUT2D eigenvalue weighted by Gasteiger charge is 2.49. The van der Waals surface area contributed by atoms with Crippen LogP contribution < -0.4 is 10.6 Å². The summed E-state index contributed by atoms with van der Waals surface area (Å²) >= 11 is 0. The number of ether oxygens (including phenoxy) is 2. The van der Waals surface area contributed by atoms with Gasteiger partial charge in [0.25, 0.3) is 0 Å². The Morgan fingerprint density at radius 3 is 2.59 bits per heavy atom. The van der Waals surface area contributed by atoms with E-state index in [4.69, 9.17) is 9.47 Å². The number of aliphatic hydroxyl groups excluding tert-OH is 2. The van der Waals surface area contributed by atoms with Crippen LogP contribution in [0, 0.1) is 0 Å². The van der Waals surface area contributed by atoms with Crippen molar-refractivity contribution in [3.05, 3.63) is 18.9 Å². The zero-order chi connectivity index (χ0) is 22.0. The Hall–Kier alpha value is -1.80. The Bertz CT molecular complexity index is 724. The molecule has 0 aromatic carbocycles. The van der Waals surface area contributed by atoms with Gasteiger partial charge in [0.15, 0.2) is 6.29 Å². The van der Waals surface area contributed by atoms with E-state index in [2.05, 4.69) is 36.5 Å². The van der Waals surface area contributed by atoms with Crippen molar-refractivity contribution in [2.75, 3.05) is 6.61 Å². The quantitative estimate of drug-likeness (QED) is 0.389. The summed E-state index contributed by atoms with van der Waals surface area (Å²) < 4.78 is 50.1. The zero-order valence-corrected chi connectivity index (χ0v) is 17.3. The molecular weight excluding hydrogens is 413 g/mol. The van der Waals surface area contributed by atoms with Gasteiger partial charge in [-0.2, -0.15) is 13.2 Å². The van der Waals surface area contributed by atoms with Crippen molar-refractivity contribution in [3.63, 3.8) is 0 Å². The molecule has 1 fully saturated rings. The third-order valence-corrected chi connectivity index (χ3v) is 6.07. The van der Waals surface area contributed by atoms with Crippen LogP contribution in [0.2, 0.25) is 19.6 Å². The molecule has 0 saturated carbocycles. The summed E-state index contributed by atoms with van der Waals surface area (Å²) in [6.45, 7) is 9.53. The third kappa shape index (κ3) is 5.85. The second kappa shape index (κ2) is 8.91. The molecule has 1 aromatic heterocycles. The highest BCUT2D eigenvalue weighted by atomic mass is 28.3. The minimum atomic E-state index is -5.17. The maximum atomic E-state index is 12.6. The van der Waals surface area contributed by atoms with Crippen LogP contribution in [0.5, 0.6) is 0 Å². The van der Waals surface area contributed by atoms with E-state index < -0.39 is 50.8 Å². The molecular formula is C16H25F3N4O5Si. The van der Waals surface area contributed by atoms with Crippen LogP contribution in [0.15, 0.2) is 18.9 Å². The van der Waals surface area contributed by atoms with E-state index in [-0.39, 0.29) is 13.2 Å². The SMILES string of the molecule is C=CCO[C@H]1O[C@H](Cn2cc([Si](C)(C)C)nn2)[C@H](O)[C@H](O)[C@H]1NC(=O)C(F)(F)F. The number of nitrogens with zero attached hydrogens (tertiary/aromatic N) is 3. The Kier molecular flexibility index (Phi) is 7.22. The van der Waals surface area contributed by atoms with Gasteiger partial charge in [-0.3, -0.25) is 4.79 Å². The molecule has 164 valence electrons. The van der Waals surface area contributed by atoms with Crippen molar-refractivity contribution in [2.24, 2.45) is 0 Å². The van der Waals surface area contributed by atoms with Crippen LogP contribution in [0.25, 0.3) is 0 Å². The molecule has 1 aliphatic rings. The Labute approximate surface area is 166 Å². The number of aliphatic hydroxyl groups is 2. The van der Waals surface area contributed by atoms with Gasteiger partial charge in [-0.25, -0.2) is 4.68 Å². The minimum Gasteiger partial charge on any atom is -0.388 e. The molecule has 1 aromatic rings. The summed E-state index contributed by atoms with van der Waals surface area (Å²) in [4.78, 5) is 11.3. The first kappa shape index (κ1) is 23.5. The summed E-state index contributed by atoms with van der Waals surface area (Å²) in [5, 5.41) is 31.2. The number of rotatable bonds is 7. The average Bonchev–Trinajstić information content (AvgIpc) is 3.08. The predicted octanol–water partition coefficient (Wildman–Crippen LogP) is -0.480. The van der Waals surface area contributed by atoms with E-state index in [9.17, 15) is 28.2 Å². The number of hydrogen-bond acceptors (Lipinski definition) is 7. The number of hydrogen-bond donors (Lipinski definition) is 3. The van der Waals surface area contributed by atoms with Crippen molar-refractivity contribution in [2.45, 2.75) is 63.0 Å². The molecule has 1 amide bonds. The van der Waals surface area contributed by atoms with Crippen LogP contribution in [0.1, 0.15) is 0 Å². The van der Waals surface area contributed by atoms with Crippen molar-refractivity contribution in [1.82, 2.24) is 20.3 Å². The number of halogens is 3. The maximum Gasteiger partial charge on any atom is 0.471 e. The van der Waals surface area contributed by atoms with Crippen molar-refractivity contribution < 1.29 is 37.7 Å². The minimum absolute atomic E-state index is 0.0242. The monoisotopic (exact) mass is 438 g/mol. The van der Waals surface area contributed by atoms with Crippen LogP contribution in [-0.4, -0.2) is 82.6 Å². The Morgan fingerprint density at radius 1 is 1.41 bits per heavy atom. The molecule has 2 heterocycles. The third-order valence-electron chi connectivity index (χ3n) is 4.31. The second-order valence-electron chi connectivity index (χ2n) is 7.72. The highest BCUT2D eigenvalue weighted by Crippen LogP contribution is 2.25. The topological polar surface area (TPSA) is 119 Å². The normalized spacial score (nSPS) is 28.2. The van der Waals surface area contributed by atoms with Crippen LogP contribution in [-0.2, 0) is 20.8 Å². The van der Waals surface area contributed by atoms with E-state index >= 15 is 0 Å². The molecule has 2 rings (SSSR count). The van der Waals surface area contributed by atoms with Crippen LogP contribution in [0.3, 0.4) is 0 Å². The largest absolute Gasteiger partial charge is 0.471 e. The fraction of sp³-hybridized carbons (Fsp3) is 0.688. The number of amides is 1.